The molecule has 3 rings (SSSR count). The minimum absolute atomic E-state index is 0.132. The normalized spacial score (nSPS) is 10.9. The number of thioether (sulfide) groups is 1. The maximum absolute atomic E-state index is 12.6. The number of nitrogens with zero attached hydrogens (tertiary/aromatic N) is 3. The van der Waals surface area contributed by atoms with Crippen LogP contribution in [0.3, 0.4) is 0 Å². The Kier molecular flexibility index (Phi) is 9.85. The predicted octanol–water partition coefficient (Wildman–Crippen LogP) is 5.81. The van der Waals surface area contributed by atoms with Gasteiger partial charge in [0, 0.05) is 22.9 Å². The summed E-state index contributed by atoms with van der Waals surface area (Å²) in [5.41, 5.74) is 1.21. The number of rotatable bonds is 11. The summed E-state index contributed by atoms with van der Waals surface area (Å²) < 4.78 is 12.6. The predicted molar refractivity (Wildman–Crippen MR) is 140 cm³/mol. The fourth-order valence-corrected chi connectivity index (χ4v) is 5.64. The summed E-state index contributed by atoms with van der Waals surface area (Å²) in [5, 5.41) is 13.6. The van der Waals surface area contributed by atoms with Crippen molar-refractivity contribution in [2.24, 2.45) is 0 Å². The molecule has 0 spiro atoms. The van der Waals surface area contributed by atoms with Gasteiger partial charge in [0.15, 0.2) is 5.16 Å². The molecule has 0 saturated heterocycles. The molecule has 0 saturated carbocycles. The first-order valence-electron chi connectivity index (χ1n) is 10.9. The highest BCUT2D eigenvalue weighted by Crippen LogP contribution is 2.33. The molecule has 2 heterocycles. The Morgan fingerprint density at radius 3 is 2.69 bits per heavy atom. The largest absolute Gasteiger partial charge is 0.492 e. The first-order chi connectivity index (χ1) is 16.7. The van der Waals surface area contributed by atoms with E-state index in [0.717, 1.165) is 22.7 Å². The minimum Gasteiger partial charge on any atom is -0.492 e. The zero-order valence-corrected chi connectivity index (χ0v) is 23.0. The van der Waals surface area contributed by atoms with Crippen molar-refractivity contribution in [3.8, 4) is 5.75 Å². The number of hydrogen-bond acceptors (Lipinski definition) is 8. The SMILES string of the molecule is CCn1c(CCCOc2ccc(Cl)cc2Cl)nnc1SCC(=O)Nc1sc(C)c(C)c1C(=O)OC. The van der Waals surface area contributed by atoms with E-state index in [0.29, 0.717) is 51.1 Å². The average Bonchev–Trinajstić information content (AvgIpc) is 3.35. The van der Waals surface area contributed by atoms with Gasteiger partial charge in [-0.3, -0.25) is 4.79 Å². The molecule has 0 unspecified atom stereocenters. The summed E-state index contributed by atoms with van der Waals surface area (Å²) in [4.78, 5) is 25.7. The Labute approximate surface area is 222 Å². The third kappa shape index (κ3) is 6.91. The monoisotopic (exact) mass is 556 g/mol. The lowest BCUT2D eigenvalue weighted by atomic mass is 10.1. The highest BCUT2D eigenvalue weighted by atomic mass is 35.5. The van der Waals surface area contributed by atoms with Gasteiger partial charge in [-0.25, -0.2) is 4.79 Å². The lowest BCUT2D eigenvalue weighted by molar-refractivity contribution is -0.113. The van der Waals surface area contributed by atoms with Gasteiger partial charge >= 0.3 is 5.97 Å². The lowest BCUT2D eigenvalue weighted by Crippen LogP contribution is -2.16. The molecule has 1 aromatic carbocycles. The van der Waals surface area contributed by atoms with Crippen molar-refractivity contribution < 1.29 is 19.1 Å². The van der Waals surface area contributed by atoms with Crippen LogP contribution in [0, 0.1) is 13.8 Å². The van der Waals surface area contributed by atoms with Crippen molar-refractivity contribution in [2.75, 3.05) is 24.8 Å². The number of anilines is 1. The van der Waals surface area contributed by atoms with Gasteiger partial charge in [-0.15, -0.1) is 21.5 Å². The van der Waals surface area contributed by atoms with E-state index in [2.05, 4.69) is 15.5 Å². The highest BCUT2D eigenvalue weighted by Gasteiger charge is 2.22. The summed E-state index contributed by atoms with van der Waals surface area (Å²) in [6.07, 6.45) is 1.38. The van der Waals surface area contributed by atoms with Crippen LogP contribution in [0.25, 0.3) is 0 Å². The summed E-state index contributed by atoms with van der Waals surface area (Å²) in [6, 6.07) is 5.11. The Morgan fingerprint density at radius 1 is 1.23 bits per heavy atom. The number of carbonyl (C=O) groups excluding carboxylic acids is 2. The number of carbonyl (C=O) groups is 2. The number of esters is 1. The maximum Gasteiger partial charge on any atom is 0.341 e. The van der Waals surface area contributed by atoms with Crippen molar-refractivity contribution in [3.63, 3.8) is 0 Å². The molecule has 0 fully saturated rings. The van der Waals surface area contributed by atoms with Gasteiger partial charge in [0.05, 0.1) is 30.1 Å². The molecule has 1 N–H and O–H groups in total. The standard InChI is InChI=1S/C23H26Cl2N4O4S2/c1-5-29-18(7-6-10-33-17-9-8-15(24)11-16(17)25)27-28-23(29)34-12-19(30)26-21-20(22(31)32-4)13(2)14(3)35-21/h8-9,11H,5-7,10,12H2,1-4H3,(H,26,30). The number of halogens is 2. The number of ether oxygens (including phenoxy) is 2. The van der Waals surface area contributed by atoms with Crippen LogP contribution in [-0.2, 0) is 22.5 Å². The topological polar surface area (TPSA) is 95.3 Å². The molecule has 0 bridgehead atoms. The third-order valence-corrected chi connectivity index (χ3v) is 7.79. The van der Waals surface area contributed by atoms with Crippen molar-refractivity contribution in [1.82, 2.24) is 14.8 Å². The molecule has 188 valence electrons. The number of thiophene rings is 1. The van der Waals surface area contributed by atoms with Crippen LogP contribution in [0.5, 0.6) is 5.75 Å². The Morgan fingerprint density at radius 2 is 2.00 bits per heavy atom. The first kappa shape index (κ1) is 27.3. The number of aryl methyl sites for hydroxylation is 2. The van der Waals surface area contributed by atoms with Gasteiger partial charge in [-0.2, -0.15) is 0 Å². The number of hydrogen-bond donors (Lipinski definition) is 1. The Balaban J connectivity index is 1.54. The van der Waals surface area contributed by atoms with Crippen molar-refractivity contribution in [2.45, 2.75) is 45.3 Å². The molecule has 35 heavy (non-hydrogen) atoms. The molecule has 12 heteroatoms. The van der Waals surface area contributed by atoms with E-state index in [1.807, 2.05) is 25.3 Å². The van der Waals surface area contributed by atoms with Crippen LogP contribution < -0.4 is 10.1 Å². The molecule has 0 aliphatic carbocycles. The number of amides is 1. The van der Waals surface area contributed by atoms with Crippen molar-refractivity contribution >= 4 is 63.2 Å². The maximum atomic E-state index is 12.6. The smallest absolute Gasteiger partial charge is 0.341 e. The Bertz CT molecular complexity index is 1210. The van der Waals surface area contributed by atoms with Crippen LogP contribution >= 0.6 is 46.3 Å². The van der Waals surface area contributed by atoms with Crippen molar-refractivity contribution in [3.05, 3.63) is 50.1 Å². The molecule has 1 amide bonds. The van der Waals surface area contributed by atoms with E-state index in [1.165, 1.54) is 30.2 Å². The summed E-state index contributed by atoms with van der Waals surface area (Å²) in [5.74, 6) is 0.835. The number of benzene rings is 1. The van der Waals surface area contributed by atoms with Gasteiger partial charge in [-0.1, -0.05) is 35.0 Å². The van der Waals surface area contributed by atoms with Crippen LogP contribution in [0.2, 0.25) is 10.0 Å². The van der Waals surface area contributed by atoms with E-state index in [-0.39, 0.29) is 11.7 Å². The molecule has 0 atom stereocenters. The molecular formula is C23H26Cl2N4O4S2. The quantitative estimate of drug-likeness (QED) is 0.181. The zero-order valence-electron chi connectivity index (χ0n) is 19.8. The summed E-state index contributed by atoms with van der Waals surface area (Å²) >= 11 is 14.7. The highest BCUT2D eigenvalue weighted by molar-refractivity contribution is 7.99. The Hall–Kier alpha value is -2.27. The third-order valence-electron chi connectivity index (χ3n) is 5.17. The number of methoxy groups -OCH3 is 1. The van der Waals surface area contributed by atoms with Crippen LogP contribution in [0.1, 0.15) is 40.0 Å². The second kappa shape index (κ2) is 12.6. The summed E-state index contributed by atoms with van der Waals surface area (Å²) in [7, 11) is 1.32. The molecule has 0 aliphatic heterocycles. The average molecular weight is 558 g/mol. The van der Waals surface area contributed by atoms with Gasteiger partial charge in [0.2, 0.25) is 5.91 Å². The molecule has 0 radical (unpaired) electrons. The fraction of sp³-hybridized carbons (Fsp3) is 0.391. The van der Waals surface area contributed by atoms with Gasteiger partial charge in [-0.05, 0) is 51.0 Å². The van der Waals surface area contributed by atoms with E-state index >= 15 is 0 Å². The second-order valence-electron chi connectivity index (χ2n) is 7.49. The second-order valence-corrected chi connectivity index (χ2v) is 10.5. The van der Waals surface area contributed by atoms with Gasteiger partial charge < -0.3 is 19.4 Å². The van der Waals surface area contributed by atoms with E-state index in [4.69, 9.17) is 32.7 Å². The van der Waals surface area contributed by atoms with E-state index in [1.54, 1.807) is 18.2 Å². The van der Waals surface area contributed by atoms with Crippen LogP contribution in [0.4, 0.5) is 5.00 Å². The lowest BCUT2D eigenvalue weighted by Gasteiger charge is -2.09. The van der Waals surface area contributed by atoms with Gasteiger partial charge in [0.1, 0.15) is 16.6 Å². The molecular weight excluding hydrogens is 531 g/mol. The van der Waals surface area contributed by atoms with Crippen molar-refractivity contribution in [1.29, 1.82) is 0 Å². The minimum atomic E-state index is -0.465. The number of aromatic nitrogens is 3. The number of nitrogens with one attached hydrogen (secondary N) is 1. The van der Waals surface area contributed by atoms with Crippen LogP contribution in [-0.4, -0.2) is 46.1 Å². The van der Waals surface area contributed by atoms with Crippen LogP contribution in [0.15, 0.2) is 23.4 Å². The van der Waals surface area contributed by atoms with E-state index < -0.39 is 5.97 Å². The van der Waals surface area contributed by atoms with Gasteiger partial charge in [0.25, 0.3) is 0 Å². The molecule has 2 aromatic heterocycles. The van der Waals surface area contributed by atoms with E-state index in [9.17, 15) is 9.59 Å². The summed E-state index contributed by atoms with van der Waals surface area (Å²) in [6.45, 7) is 6.87. The molecule has 0 aliphatic rings. The fourth-order valence-electron chi connectivity index (χ4n) is 3.29. The first-order valence-corrected chi connectivity index (χ1v) is 13.4. The molecule has 8 nitrogen and oxygen atoms in total. The molecule has 3 aromatic rings. The zero-order chi connectivity index (χ0) is 25.5.